The lowest BCUT2D eigenvalue weighted by atomic mass is 9.64. The summed E-state index contributed by atoms with van der Waals surface area (Å²) in [6, 6.07) is 5.90. The Labute approximate surface area is 108 Å². The molecule has 2 aliphatic heterocycles. The van der Waals surface area contributed by atoms with E-state index in [0.717, 1.165) is 6.54 Å². The van der Waals surface area contributed by atoms with E-state index in [1.165, 1.54) is 43.4 Å². The Bertz CT molecular complexity index is 515. The molecule has 3 nitrogen and oxygen atoms in total. The van der Waals surface area contributed by atoms with Crippen molar-refractivity contribution < 1.29 is 5.11 Å². The third-order valence-electron chi connectivity index (χ3n) is 5.58. The number of hydrogen-bond acceptors (Lipinski definition) is 3. The summed E-state index contributed by atoms with van der Waals surface area (Å²) >= 11 is 0. The summed E-state index contributed by atoms with van der Waals surface area (Å²) in [6.45, 7) is 1.10. The normalized spacial score (nSPS) is 37.3. The number of likely N-dealkylation sites (N-methyl/N-ethyl adjacent to an activating group) is 1. The quantitative estimate of drug-likeness (QED) is 0.735. The SMILES string of the molecule is CN1c2ccc(O)cc2C23CCCCC12NCC3. The van der Waals surface area contributed by atoms with E-state index in [1.807, 2.05) is 12.1 Å². The molecule has 0 radical (unpaired) electrons. The number of phenolic OH excluding ortho intramolecular Hbond substituents is 1. The van der Waals surface area contributed by atoms with Crippen molar-refractivity contribution in [2.45, 2.75) is 43.2 Å². The molecule has 1 saturated carbocycles. The van der Waals surface area contributed by atoms with Crippen molar-refractivity contribution in [1.29, 1.82) is 0 Å². The van der Waals surface area contributed by atoms with E-state index in [1.54, 1.807) is 0 Å². The van der Waals surface area contributed by atoms with Crippen LogP contribution in [-0.2, 0) is 5.41 Å². The van der Waals surface area contributed by atoms with Gasteiger partial charge in [0.15, 0.2) is 0 Å². The minimum Gasteiger partial charge on any atom is -0.508 e. The van der Waals surface area contributed by atoms with Gasteiger partial charge in [0, 0.05) is 18.2 Å². The van der Waals surface area contributed by atoms with E-state index in [2.05, 4.69) is 23.3 Å². The van der Waals surface area contributed by atoms with Crippen LogP contribution in [0.5, 0.6) is 5.75 Å². The second-order valence-electron chi connectivity index (χ2n) is 6.09. The first-order valence-corrected chi connectivity index (χ1v) is 7.02. The molecule has 0 spiro atoms. The van der Waals surface area contributed by atoms with E-state index in [9.17, 15) is 5.11 Å². The van der Waals surface area contributed by atoms with E-state index >= 15 is 0 Å². The second-order valence-corrected chi connectivity index (χ2v) is 6.09. The molecule has 4 rings (SSSR count). The summed E-state index contributed by atoms with van der Waals surface area (Å²) in [5, 5.41) is 13.6. The van der Waals surface area contributed by atoms with Crippen molar-refractivity contribution in [3.8, 4) is 5.75 Å². The van der Waals surface area contributed by atoms with Crippen LogP contribution in [0.4, 0.5) is 5.69 Å². The molecule has 1 aromatic carbocycles. The number of fused-ring (bicyclic) bond motifs is 1. The second kappa shape index (κ2) is 3.21. The van der Waals surface area contributed by atoms with Crippen LogP contribution in [0.25, 0.3) is 0 Å². The molecule has 3 heteroatoms. The number of nitrogens with one attached hydrogen (secondary N) is 1. The first-order valence-electron chi connectivity index (χ1n) is 7.02. The van der Waals surface area contributed by atoms with Gasteiger partial charge in [-0.2, -0.15) is 0 Å². The molecule has 3 aliphatic rings. The Balaban J connectivity index is 1.99. The van der Waals surface area contributed by atoms with Crippen LogP contribution < -0.4 is 10.2 Å². The van der Waals surface area contributed by atoms with Crippen molar-refractivity contribution in [1.82, 2.24) is 5.32 Å². The highest BCUT2D eigenvalue weighted by atomic mass is 16.3. The first kappa shape index (κ1) is 10.7. The van der Waals surface area contributed by atoms with Gasteiger partial charge in [-0.3, -0.25) is 5.32 Å². The predicted molar refractivity (Wildman–Crippen MR) is 72.0 cm³/mol. The van der Waals surface area contributed by atoms with Crippen molar-refractivity contribution in [3.05, 3.63) is 23.8 Å². The van der Waals surface area contributed by atoms with Crippen molar-refractivity contribution >= 4 is 5.69 Å². The van der Waals surface area contributed by atoms with Crippen molar-refractivity contribution in [3.63, 3.8) is 0 Å². The molecule has 0 amide bonds. The zero-order valence-corrected chi connectivity index (χ0v) is 10.9. The highest BCUT2D eigenvalue weighted by Gasteiger charge is 2.63. The van der Waals surface area contributed by atoms with Gasteiger partial charge >= 0.3 is 0 Å². The monoisotopic (exact) mass is 244 g/mol. The molecule has 0 aromatic heterocycles. The summed E-state index contributed by atoms with van der Waals surface area (Å²) < 4.78 is 0. The van der Waals surface area contributed by atoms with E-state index in [0.29, 0.717) is 5.75 Å². The zero-order chi connectivity index (χ0) is 12.4. The fraction of sp³-hybridized carbons (Fsp3) is 0.600. The molecule has 2 N–H and O–H groups in total. The Hall–Kier alpha value is -1.22. The lowest BCUT2D eigenvalue weighted by molar-refractivity contribution is 0.170. The number of nitrogens with zero attached hydrogens (tertiary/aromatic N) is 1. The van der Waals surface area contributed by atoms with Gasteiger partial charge in [-0.25, -0.2) is 0 Å². The summed E-state index contributed by atoms with van der Waals surface area (Å²) in [7, 11) is 2.21. The van der Waals surface area contributed by atoms with Crippen LogP contribution in [0.2, 0.25) is 0 Å². The summed E-state index contributed by atoms with van der Waals surface area (Å²) in [5.41, 5.74) is 3.02. The predicted octanol–water partition coefficient (Wildman–Crippen LogP) is 2.34. The van der Waals surface area contributed by atoms with E-state index < -0.39 is 0 Å². The highest BCUT2D eigenvalue weighted by molar-refractivity contribution is 5.69. The molecule has 2 fully saturated rings. The fourth-order valence-electron chi connectivity index (χ4n) is 4.83. The average Bonchev–Trinajstić information content (AvgIpc) is 2.86. The van der Waals surface area contributed by atoms with Crippen LogP contribution in [0.1, 0.15) is 37.7 Å². The minimum atomic E-state index is 0.112. The van der Waals surface area contributed by atoms with Gasteiger partial charge in [-0.1, -0.05) is 6.42 Å². The highest BCUT2D eigenvalue weighted by Crippen LogP contribution is 2.61. The van der Waals surface area contributed by atoms with Crippen LogP contribution >= 0.6 is 0 Å². The van der Waals surface area contributed by atoms with E-state index in [-0.39, 0.29) is 11.1 Å². The van der Waals surface area contributed by atoms with Gasteiger partial charge < -0.3 is 10.0 Å². The number of anilines is 1. The maximum atomic E-state index is 9.85. The maximum absolute atomic E-state index is 9.85. The van der Waals surface area contributed by atoms with E-state index in [4.69, 9.17) is 0 Å². The molecular weight excluding hydrogens is 224 g/mol. The molecule has 18 heavy (non-hydrogen) atoms. The third-order valence-corrected chi connectivity index (χ3v) is 5.58. The topological polar surface area (TPSA) is 35.5 Å². The molecule has 2 heterocycles. The summed E-state index contributed by atoms with van der Waals surface area (Å²) in [4.78, 5) is 2.44. The summed E-state index contributed by atoms with van der Waals surface area (Å²) in [6.07, 6.45) is 6.29. The smallest absolute Gasteiger partial charge is 0.116 e. The van der Waals surface area contributed by atoms with Gasteiger partial charge in [0.05, 0.1) is 0 Å². The van der Waals surface area contributed by atoms with Crippen molar-refractivity contribution in [2.75, 3.05) is 18.5 Å². The number of aromatic hydroxyl groups is 1. The molecule has 1 saturated heterocycles. The molecule has 2 unspecified atom stereocenters. The fourth-order valence-corrected chi connectivity index (χ4v) is 4.83. The molecule has 96 valence electrons. The third kappa shape index (κ3) is 0.970. The van der Waals surface area contributed by atoms with Crippen LogP contribution in [-0.4, -0.2) is 24.4 Å². The lowest BCUT2D eigenvalue weighted by Gasteiger charge is -2.48. The van der Waals surface area contributed by atoms with Gasteiger partial charge in [-0.15, -0.1) is 0 Å². The summed E-state index contributed by atoms with van der Waals surface area (Å²) in [5.74, 6) is 0.407. The van der Waals surface area contributed by atoms with Crippen molar-refractivity contribution in [2.24, 2.45) is 0 Å². The average molecular weight is 244 g/mol. The van der Waals surface area contributed by atoms with Gasteiger partial charge in [0.2, 0.25) is 0 Å². The minimum absolute atomic E-state index is 0.112. The molecule has 0 bridgehead atoms. The number of benzene rings is 1. The number of phenols is 1. The maximum Gasteiger partial charge on any atom is 0.116 e. The van der Waals surface area contributed by atoms with Crippen LogP contribution in [0.3, 0.4) is 0 Å². The van der Waals surface area contributed by atoms with Gasteiger partial charge in [-0.05, 0) is 56.0 Å². The Kier molecular flexibility index (Phi) is 1.90. The molecule has 2 atom stereocenters. The molecule has 1 aromatic rings. The Morgan fingerprint density at radius 1 is 1.22 bits per heavy atom. The standard InChI is InChI=1S/C15H20N2O/c1-17-13-5-4-11(18)10-12(13)14-6-2-3-7-15(14,17)16-9-8-14/h4-5,10,16,18H,2-3,6-9H2,1H3. The lowest BCUT2D eigenvalue weighted by Crippen LogP contribution is -2.62. The zero-order valence-electron chi connectivity index (χ0n) is 10.9. The Morgan fingerprint density at radius 3 is 2.94 bits per heavy atom. The van der Waals surface area contributed by atoms with Crippen LogP contribution in [0.15, 0.2) is 18.2 Å². The van der Waals surface area contributed by atoms with Gasteiger partial charge in [0.25, 0.3) is 0 Å². The largest absolute Gasteiger partial charge is 0.508 e. The molecular formula is C15H20N2O. The number of hydrogen-bond donors (Lipinski definition) is 2. The first-order chi connectivity index (χ1) is 8.70. The molecule has 1 aliphatic carbocycles. The van der Waals surface area contributed by atoms with Gasteiger partial charge in [0.1, 0.15) is 11.4 Å². The number of rotatable bonds is 0. The van der Waals surface area contributed by atoms with Crippen LogP contribution in [0, 0.1) is 0 Å². The Morgan fingerprint density at radius 2 is 2.06 bits per heavy atom.